The summed E-state index contributed by atoms with van der Waals surface area (Å²) < 4.78 is 0. The zero-order valence-corrected chi connectivity index (χ0v) is 9.75. The molecule has 0 fully saturated rings. The van der Waals surface area contributed by atoms with E-state index < -0.39 is 0 Å². The predicted octanol–water partition coefficient (Wildman–Crippen LogP) is 1.07. The summed E-state index contributed by atoms with van der Waals surface area (Å²) in [6.45, 7) is 6.62. The molecule has 0 amide bonds. The van der Waals surface area contributed by atoms with E-state index in [2.05, 4.69) is 27.5 Å². The van der Waals surface area contributed by atoms with Gasteiger partial charge in [-0.15, -0.1) is 0 Å². The molecule has 5 heteroatoms. The molecule has 0 aliphatic rings. The Morgan fingerprint density at radius 3 is 2.81 bits per heavy atom. The van der Waals surface area contributed by atoms with Crippen molar-refractivity contribution in [1.82, 2.24) is 15.3 Å². The number of aromatic nitrogens is 2. The molecule has 0 atom stereocenters. The zero-order chi connectivity index (χ0) is 11.8. The lowest BCUT2D eigenvalue weighted by atomic mass is 10.3. The molecule has 2 N–H and O–H groups in total. The van der Waals surface area contributed by atoms with Gasteiger partial charge in [-0.1, -0.05) is 6.92 Å². The normalized spacial score (nSPS) is 9.81. The second kappa shape index (κ2) is 6.75. The molecule has 0 aromatic carbocycles. The van der Waals surface area contributed by atoms with Crippen LogP contribution in [0.4, 0.5) is 5.95 Å². The summed E-state index contributed by atoms with van der Waals surface area (Å²) >= 11 is 0. The first kappa shape index (κ1) is 12.4. The minimum Gasteiger partial charge on any atom is -0.353 e. The Labute approximate surface area is 95.9 Å². The number of anilines is 1. The standard InChI is InChI=1S/C11H17N5/c1-3-4-13-5-6-14-11-15-9(2)7-10(8-12)16-11/h7,13H,3-6H2,1-2H3,(H,14,15,16). The lowest BCUT2D eigenvalue weighted by Gasteiger charge is -2.06. The molecular formula is C11H17N5. The van der Waals surface area contributed by atoms with Crippen LogP contribution < -0.4 is 10.6 Å². The van der Waals surface area contributed by atoms with Gasteiger partial charge in [0.2, 0.25) is 5.95 Å². The van der Waals surface area contributed by atoms with Crippen molar-refractivity contribution in [2.75, 3.05) is 25.0 Å². The molecule has 5 nitrogen and oxygen atoms in total. The van der Waals surface area contributed by atoms with Crippen molar-refractivity contribution < 1.29 is 0 Å². The molecule has 0 saturated heterocycles. The van der Waals surface area contributed by atoms with Gasteiger partial charge in [-0.3, -0.25) is 0 Å². The molecule has 0 bridgehead atoms. The molecule has 1 aromatic rings. The van der Waals surface area contributed by atoms with Crippen LogP contribution in [0.5, 0.6) is 0 Å². The highest BCUT2D eigenvalue weighted by Gasteiger charge is 2.00. The molecule has 0 unspecified atom stereocenters. The topological polar surface area (TPSA) is 73.6 Å². The van der Waals surface area contributed by atoms with Crippen molar-refractivity contribution in [3.63, 3.8) is 0 Å². The van der Waals surface area contributed by atoms with Gasteiger partial charge in [0.1, 0.15) is 11.8 Å². The smallest absolute Gasteiger partial charge is 0.224 e. The first-order valence-corrected chi connectivity index (χ1v) is 5.46. The summed E-state index contributed by atoms with van der Waals surface area (Å²) in [6, 6.07) is 3.68. The number of hydrogen-bond donors (Lipinski definition) is 2. The third-order valence-corrected chi connectivity index (χ3v) is 1.98. The van der Waals surface area contributed by atoms with Crippen molar-refractivity contribution in [2.45, 2.75) is 20.3 Å². The van der Waals surface area contributed by atoms with E-state index in [-0.39, 0.29) is 0 Å². The monoisotopic (exact) mass is 219 g/mol. The molecule has 1 rings (SSSR count). The average Bonchev–Trinajstić information content (AvgIpc) is 2.28. The summed E-state index contributed by atoms with van der Waals surface area (Å²) in [5, 5.41) is 15.1. The zero-order valence-electron chi connectivity index (χ0n) is 9.75. The van der Waals surface area contributed by atoms with Gasteiger partial charge in [-0.25, -0.2) is 9.97 Å². The minimum atomic E-state index is 0.400. The van der Waals surface area contributed by atoms with E-state index in [4.69, 9.17) is 5.26 Å². The summed E-state index contributed by atoms with van der Waals surface area (Å²) in [5.41, 5.74) is 1.20. The Hall–Kier alpha value is -1.67. The van der Waals surface area contributed by atoms with E-state index in [1.807, 2.05) is 13.0 Å². The molecule has 0 saturated carbocycles. The largest absolute Gasteiger partial charge is 0.353 e. The summed E-state index contributed by atoms with van der Waals surface area (Å²) in [7, 11) is 0. The number of aryl methyl sites for hydroxylation is 1. The maximum Gasteiger partial charge on any atom is 0.224 e. The van der Waals surface area contributed by atoms with Crippen molar-refractivity contribution in [3.8, 4) is 6.07 Å². The van der Waals surface area contributed by atoms with Gasteiger partial charge >= 0.3 is 0 Å². The highest BCUT2D eigenvalue weighted by atomic mass is 15.1. The fourth-order valence-corrected chi connectivity index (χ4v) is 1.27. The Balaban J connectivity index is 2.42. The van der Waals surface area contributed by atoms with Crippen LogP contribution in [0.3, 0.4) is 0 Å². The van der Waals surface area contributed by atoms with Gasteiger partial charge in [0.15, 0.2) is 0 Å². The molecule has 0 radical (unpaired) electrons. The number of nitrogens with zero attached hydrogens (tertiary/aromatic N) is 3. The first-order chi connectivity index (χ1) is 7.76. The minimum absolute atomic E-state index is 0.400. The van der Waals surface area contributed by atoms with Crippen LogP contribution in [0.25, 0.3) is 0 Å². The second-order valence-electron chi connectivity index (χ2n) is 3.51. The number of nitriles is 1. The number of nitrogens with one attached hydrogen (secondary N) is 2. The van der Waals surface area contributed by atoms with Crippen LogP contribution in [-0.4, -0.2) is 29.6 Å². The summed E-state index contributed by atoms with van der Waals surface area (Å²) in [6.07, 6.45) is 1.12. The SMILES string of the molecule is CCCNCCNc1nc(C)cc(C#N)n1. The van der Waals surface area contributed by atoms with Crippen LogP contribution in [-0.2, 0) is 0 Å². The average molecular weight is 219 g/mol. The van der Waals surface area contributed by atoms with Crippen molar-refractivity contribution in [3.05, 3.63) is 17.5 Å². The van der Waals surface area contributed by atoms with E-state index in [9.17, 15) is 0 Å². The van der Waals surface area contributed by atoms with E-state index in [1.54, 1.807) is 6.07 Å². The van der Waals surface area contributed by atoms with E-state index in [0.717, 1.165) is 31.7 Å². The van der Waals surface area contributed by atoms with Gasteiger partial charge in [-0.05, 0) is 26.0 Å². The number of hydrogen-bond acceptors (Lipinski definition) is 5. The first-order valence-electron chi connectivity index (χ1n) is 5.46. The van der Waals surface area contributed by atoms with Gasteiger partial charge in [0.05, 0.1) is 0 Å². The molecule has 0 aliphatic carbocycles. The Morgan fingerprint density at radius 1 is 1.31 bits per heavy atom. The van der Waals surface area contributed by atoms with E-state index in [1.165, 1.54) is 0 Å². The highest BCUT2D eigenvalue weighted by molar-refractivity contribution is 5.32. The molecule has 16 heavy (non-hydrogen) atoms. The molecular weight excluding hydrogens is 202 g/mol. The Bertz CT molecular complexity index is 369. The fourth-order valence-electron chi connectivity index (χ4n) is 1.27. The van der Waals surface area contributed by atoms with Crippen LogP contribution in [0.2, 0.25) is 0 Å². The van der Waals surface area contributed by atoms with Gasteiger partial charge < -0.3 is 10.6 Å². The maximum atomic E-state index is 8.75. The van der Waals surface area contributed by atoms with E-state index in [0.29, 0.717) is 11.6 Å². The Kier molecular flexibility index (Phi) is 5.23. The Morgan fingerprint density at radius 2 is 2.12 bits per heavy atom. The maximum absolute atomic E-state index is 8.75. The van der Waals surface area contributed by atoms with Crippen molar-refractivity contribution >= 4 is 5.95 Å². The highest BCUT2D eigenvalue weighted by Crippen LogP contribution is 2.02. The summed E-state index contributed by atoms with van der Waals surface area (Å²) in [4.78, 5) is 8.26. The van der Waals surface area contributed by atoms with Gasteiger partial charge in [0.25, 0.3) is 0 Å². The van der Waals surface area contributed by atoms with Crippen LogP contribution in [0.15, 0.2) is 6.07 Å². The van der Waals surface area contributed by atoms with Crippen LogP contribution >= 0.6 is 0 Å². The second-order valence-corrected chi connectivity index (χ2v) is 3.51. The van der Waals surface area contributed by atoms with Crippen LogP contribution in [0, 0.1) is 18.3 Å². The molecule has 1 aromatic heterocycles. The predicted molar refractivity (Wildman–Crippen MR) is 63.1 cm³/mol. The van der Waals surface area contributed by atoms with Gasteiger partial charge in [0, 0.05) is 18.8 Å². The number of rotatable bonds is 6. The lowest BCUT2D eigenvalue weighted by molar-refractivity contribution is 0.686. The molecule has 0 aliphatic heterocycles. The third-order valence-electron chi connectivity index (χ3n) is 1.98. The quantitative estimate of drug-likeness (QED) is 0.700. The van der Waals surface area contributed by atoms with Crippen molar-refractivity contribution in [1.29, 1.82) is 5.26 Å². The van der Waals surface area contributed by atoms with Crippen LogP contribution in [0.1, 0.15) is 24.7 Å². The third kappa shape index (κ3) is 4.24. The van der Waals surface area contributed by atoms with Gasteiger partial charge in [-0.2, -0.15) is 5.26 Å². The lowest BCUT2D eigenvalue weighted by Crippen LogP contribution is -2.23. The molecule has 1 heterocycles. The fraction of sp³-hybridized carbons (Fsp3) is 0.545. The van der Waals surface area contributed by atoms with Crippen molar-refractivity contribution in [2.24, 2.45) is 0 Å². The molecule has 0 spiro atoms. The van der Waals surface area contributed by atoms with E-state index >= 15 is 0 Å². The molecule has 86 valence electrons. The summed E-state index contributed by atoms with van der Waals surface area (Å²) in [5.74, 6) is 0.523.